The maximum atomic E-state index is 13.5. The molecule has 1 aliphatic carbocycles. The van der Waals surface area contributed by atoms with Crippen molar-refractivity contribution < 1.29 is 17.9 Å². The summed E-state index contributed by atoms with van der Waals surface area (Å²) in [5, 5.41) is 3.10. The van der Waals surface area contributed by atoms with Gasteiger partial charge >= 0.3 is 0 Å². The number of anilines is 1. The van der Waals surface area contributed by atoms with Crippen molar-refractivity contribution in [2.45, 2.75) is 57.2 Å². The van der Waals surface area contributed by atoms with Gasteiger partial charge in [0.05, 0.1) is 46.6 Å². The fourth-order valence-electron chi connectivity index (χ4n) is 4.85. The summed E-state index contributed by atoms with van der Waals surface area (Å²) in [7, 11) is -3.42. The molecule has 2 N–H and O–H groups in total. The highest BCUT2D eigenvalue weighted by atomic mass is 32.2. The van der Waals surface area contributed by atoms with Crippen molar-refractivity contribution in [2.75, 3.05) is 31.0 Å². The van der Waals surface area contributed by atoms with Crippen molar-refractivity contribution in [1.29, 1.82) is 0 Å². The number of pyridine rings is 1. The van der Waals surface area contributed by atoms with Crippen LogP contribution in [0.15, 0.2) is 36.9 Å². The highest BCUT2D eigenvalue weighted by Crippen LogP contribution is 2.31. The standard InChI is InChI=1S/C27H35N7O4S2/c1-3-38-24-16-28-14-22(31-24)23-15-30-27(39-23)26(35)32-25(18(2)17-34-11-5-4-6-12-34)21-13-19(9-10-29-21)33-40(36,37)20-7-8-20/h9-10,13-16,18,20,25H,3-8,11-12,17H2,1-2H3,(H,29,33)(H,32,35)/t18-,25-/m1/s1. The number of hydrogen-bond donors (Lipinski definition) is 2. The third-order valence-electron chi connectivity index (χ3n) is 7.03. The van der Waals surface area contributed by atoms with E-state index >= 15 is 0 Å². The molecule has 5 rings (SSSR count). The summed E-state index contributed by atoms with van der Waals surface area (Å²) >= 11 is 1.22. The van der Waals surface area contributed by atoms with Gasteiger partial charge in [-0.2, -0.15) is 0 Å². The maximum Gasteiger partial charge on any atom is 0.280 e. The van der Waals surface area contributed by atoms with Crippen molar-refractivity contribution in [2.24, 2.45) is 5.92 Å². The molecule has 3 aromatic rings. The molecule has 0 radical (unpaired) electrons. The number of amides is 1. The van der Waals surface area contributed by atoms with Crippen molar-refractivity contribution >= 4 is 33.0 Å². The molecule has 2 atom stereocenters. The van der Waals surface area contributed by atoms with E-state index in [1.165, 1.54) is 17.8 Å². The molecule has 1 amide bonds. The number of nitrogens with one attached hydrogen (secondary N) is 2. The van der Waals surface area contributed by atoms with Crippen LogP contribution in [0.5, 0.6) is 5.88 Å². The van der Waals surface area contributed by atoms with Gasteiger partial charge in [-0.1, -0.05) is 13.3 Å². The summed E-state index contributed by atoms with van der Waals surface area (Å²) in [4.78, 5) is 34.1. The normalized spacial score (nSPS) is 17.6. The lowest BCUT2D eigenvalue weighted by atomic mass is 9.96. The first kappa shape index (κ1) is 28.4. The largest absolute Gasteiger partial charge is 0.477 e. The van der Waals surface area contributed by atoms with Crippen molar-refractivity contribution in [1.82, 2.24) is 30.2 Å². The minimum absolute atomic E-state index is 0.0120. The minimum Gasteiger partial charge on any atom is -0.477 e. The highest BCUT2D eigenvalue weighted by molar-refractivity contribution is 7.93. The molecule has 2 aliphatic rings. The Labute approximate surface area is 238 Å². The molecule has 0 unspecified atom stereocenters. The number of sulfonamides is 1. The summed E-state index contributed by atoms with van der Waals surface area (Å²) in [6, 6.07) is 2.91. The van der Waals surface area contributed by atoms with Crippen LogP contribution >= 0.6 is 11.3 Å². The summed E-state index contributed by atoms with van der Waals surface area (Å²) in [6.45, 7) is 7.27. The Morgan fingerprint density at radius 3 is 2.73 bits per heavy atom. The number of carbonyl (C=O) groups excluding carboxylic acids is 1. The average Bonchev–Trinajstić information content (AvgIpc) is 3.70. The number of thiazole rings is 1. The predicted octanol–water partition coefficient (Wildman–Crippen LogP) is 3.89. The zero-order valence-corrected chi connectivity index (χ0v) is 24.4. The van der Waals surface area contributed by atoms with Crippen LogP contribution in [0, 0.1) is 5.92 Å². The molecule has 2 fully saturated rings. The monoisotopic (exact) mass is 585 g/mol. The van der Waals surface area contributed by atoms with E-state index in [1.807, 2.05) is 6.92 Å². The lowest BCUT2D eigenvalue weighted by molar-refractivity contribution is 0.0908. The van der Waals surface area contributed by atoms with Gasteiger partial charge in [-0.15, -0.1) is 11.3 Å². The van der Waals surface area contributed by atoms with Gasteiger partial charge in [0.1, 0.15) is 5.69 Å². The highest BCUT2D eigenvalue weighted by Gasteiger charge is 2.36. The number of ether oxygens (including phenoxy) is 1. The van der Waals surface area contributed by atoms with Crippen LogP contribution in [0.1, 0.15) is 67.5 Å². The predicted molar refractivity (Wildman–Crippen MR) is 154 cm³/mol. The summed E-state index contributed by atoms with van der Waals surface area (Å²) in [5.74, 6) is 0.0960. The molecular formula is C27H35N7O4S2. The van der Waals surface area contributed by atoms with Crippen molar-refractivity contribution in [3.63, 3.8) is 0 Å². The molecule has 1 saturated heterocycles. The van der Waals surface area contributed by atoms with E-state index in [0.717, 1.165) is 32.5 Å². The number of rotatable bonds is 12. The van der Waals surface area contributed by atoms with Gasteiger partial charge < -0.3 is 15.0 Å². The summed E-state index contributed by atoms with van der Waals surface area (Å²) < 4.78 is 33.2. The lowest BCUT2D eigenvalue weighted by Crippen LogP contribution is -2.40. The molecule has 4 heterocycles. The zero-order valence-electron chi connectivity index (χ0n) is 22.7. The number of piperidine rings is 1. The van der Waals surface area contributed by atoms with Crippen LogP contribution in [0.3, 0.4) is 0 Å². The molecule has 214 valence electrons. The van der Waals surface area contributed by atoms with Crippen LogP contribution in [-0.2, 0) is 10.0 Å². The Morgan fingerprint density at radius 1 is 1.18 bits per heavy atom. The number of nitrogens with zero attached hydrogens (tertiary/aromatic N) is 5. The second kappa shape index (κ2) is 12.6. The Kier molecular flexibility index (Phi) is 8.91. The van der Waals surface area contributed by atoms with Crippen LogP contribution in [0.4, 0.5) is 5.69 Å². The molecular weight excluding hydrogens is 550 g/mol. The van der Waals surface area contributed by atoms with E-state index in [-0.39, 0.29) is 17.1 Å². The van der Waals surface area contributed by atoms with Crippen molar-refractivity contribution in [3.8, 4) is 16.5 Å². The minimum atomic E-state index is -3.42. The topological polar surface area (TPSA) is 139 Å². The van der Waals surface area contributed by atoms with Gasteiger partial charge in [0.25, 0.3) is 5.91 Å². The molecule has 0 spiro atoms. The third-order valence-corrected chi connectivity index (χ3v) is 9.92. The molecule has 11 nitrogen and oxygen atoms in total. The maximum absolute atomic E-state index is 13.5. The quantitative estimate of drug-likeness (QED) is 0.324. The van der Waals surface area contributed by atoms with Crippen molar-refractivity contribution in [3.05, 3.63) is 47.6 Å². The molecule has 40 heavy (non-hydrogen) atoms. The van der Waals surface area contributed by atoms with E-state index in [1.54, 1.807) is 36.9 Å². The second-order valence-electron chi connectivity index (χ2n) is 10.3. The second-order valence-corrected chi connectivity index (χ2v) is 13.3. The van der Waals surface area contributed by atoms with Gasteiger partial charge in [0.2, 0.25) is 15.9 Å². The van der Waals surface area contributed by atoms with Gasteiger partial charge in [-0.05, 0) is 63.7 Å². The average molecular weight is 586 g/mol. The molecule has 1 aliphatic heterocycles. The number of likely N-dealkylation sites (tertiary alicyclic amines) is 1. The molecule has 0 bridgehead atoms. The van der Waals surface area contributed by atoms with E-state index in [2.05, 4.69) is 41.8 Å². The third kappa shape index (κ3) is 7.12. The number of carbonyl (C=O) groups is 1. The smallest absolute Gasteiger partial charge is 0.280 e. The Balaban J connectivity index is 1.36. The Hall–Kier alpha value is -3.16. The Morgan fingerprint density at radius 2 is 1.98 bits per heavy atom. The molecule has 13 heteroatoms. The first-order valence-electron chi connectivity index (χ1n) is 13.7. The first-order chi connectivity index (χ1) is 19.3. The first-order valence-corrected chi connectivity index (χ1v) is 16.1. The van der Waals surface area contributed by atoms with Crippen LogP contribution in [-0.4, -0.2) is 70.7 Å². The zero-order chi connectivity index (χ0) is 28.1. The Bertz CT molecular complexity index is 1420. The van der Waals surface area contributed by atoms with Crippen LogP contribution in [0.2, 0.25) is 0 Å². The van der Waals surface area contributed by atoms with E-state index in [4.69, 9.17) is 4.74 Å². The summed E-state index contributed by atoms with van der Waals surface area (Å²) in [6.07, 6.45) is 11.3. The van der Waals surface area contributed by atoms with Gasteiger partial charge in [0.15, 0.2) is 5.01 Å². The van der Waals surface area contributed by atoms with Gasteiger partial charge in [-0.3, -0.25) is 19.5 Å². The van der Waals surface area contributed by atoms with Gasteiger partial charge in [-0.25, -0.2) is 18.4 Å². The van der Waals surface area contributed by atoms with E-state index in [9.17, 15) is 13.2 Å². The van der Waals surface area contributed by atoms with Crippen LogP contribution in [0.25, 0.3) is 10.6 Å². The molecule has 0 aromatic carbocycles. The molecule has 1 saturated carbocycles. The van der Waals surface area contributed by atoms with E-state index < -0.39 is 16.1 Å². The fourth-order valence-corrected chi connectivity index (χ4v) is 7.01. The van der Waals surface area contributed by atoms with Crippen LogP contribution < -0.4 is 14.8 Å². The number of hydrogen-bond acceptors (Lipinski definition) is 10. The number of aromatic nitrogens is 4. The van der Waals surface area contributed by atoms with Gasteiger partial charge in [0, 0.05) is 18.9 Å². The van der Waals surface area contributed by atoms with E-state index in [0.29, 0.717) is 52.3 Å². The molecule has 3 aromatic heterocycles. The summed E-state index contributed by atoms with van der Waals surface area (Å²) in [5.41, 5.74) is 1.63. The fraction of sp³-hybridized carbons (Fsp3) is 0.519. The SMILES string of the molecule is CCOc1cncc(-c2cnc(C(=O)N[C@@H](c3cc(NS(=O)(=O)C4CC4)ccn3)[C@H](C)CN3CCCCC3)s2)n1. The lowest BCUT2D eigenvalue weighted by Gasteiger charge is -2.32.